The number of hydrogen-bond acceptors (Lipinski definition) is 4. The SMILES string of the molecule is Cn1ccc(C(=O)N(Cc2ccccc2)c2nc(-c3ccc(F)cc3)cs2)cc1=O. The monoisotopic (exact) mass is 419 g/mol. The van der Waals surface area contributed by atoms with Crippen LogP contribution in [0.4, 0.5) is 9.52 Å². The Morgan fingerprint density at radius 1 is 1.10 bits per heavy atom. The quantitative estimate of drug-likeness (QED) is 0.479. The lowest BCUT2D eigenvalue weighted by Crippen LogP contribution is -2.31. The molecule has 0 saturated heterocycles. The van der Waals surface area contributed by atoms with Crippen molar-refractivity contribution >= 4 is 22.4 Å². The van der Waals surface area contributed by atoms with Crippen LogP contribution in [0.25, 0.3) is 11.3 Å². The molecule has 4 aromatic rings. The normalized spacial score (nSPS) is 10.7. The van der Waals surface area contributed by atoms with Crippen molar-refractivity contribution in [2.75, 3.05) is 4.90 Å². The van der Waals surface area contributed by atoms with E-state index >= 15 is 0 Å². The molecule has 2 aromatic heterocycles. The summed E-state index contributed by atoms with van der Waals surface area (Å²) < 4.78 is 14.6. The predicted octanol–water partition coefficient (Wildman–Crippen LogP) is 4.49. The van der Waals surface area contributed by atoms with E-state index < -0.39 is 0 Å². The zero-order chi connectivity index (χ0) is 21.1. The molecular formula is C23H18FN3O2S. The van der Waals surface area contributed by atoms with E-state index in [-0.39, 0.29) is 17.3 Å². The number of carbonyl (C=O) groups excluding carboxylic acids is 1. The predicted molar refractivity (Wildman–Crippen MR) is 116 cm³/mol. The molecule has 0 aliphatic rings. The molecule has 0 radical (unpaired) electrons. The van der Waals surface area contributed by atoms with Gasteiger partial charge in [-0.15, -0.1) is 11.3 Å². The second kappa shape index (κ2) is 8.42. The van der Waals surface area contributed by atoms with Gasteiger partial charge < -0.3 is 4.57 Å². The van der Waals surface area contributed by atoms with Crippen LogP contribution in [0.1, 0.15) is 15.9 Å². The lowest BCUT2D eigenvalue weighted by atomic mass is 10.2. The van der Waals surface area contributed by atoms with Crippen LogP contribution >= 0.6 is 11.3 Å². The zero-order valence-electron chi connectivity index (χ0n) is 16.2. The number of pyridine rings is 1. The Morgan fingerprint density at radius 3 is 2.53 bits per heavy atom. The molecule has 5 nitrogen and oxygen atoms in total. The zero-order valence-corrected chi connectivity index (χ0v) is 17.0. The number of hydrogen-bond donors (Lipinski definition) is 0. The van der Waals surface area contributed by atoms with E-state index in [2.05, 4.69) is 4.98 Å². The summed E-state index contributed by atoms with van der Waals surface area (Å²) in [5.74, 6) is -0.627. The lowest BCUT2D eigenvalue weighted by Gasteiger charge is -2.20. The number of aromatic nitrogens is 2. The van der Waals surface area contributed by atoms with E-state index in [1.165, 1.54) is 34.1 Å². The van der Waals surface area contributed by atoms with Crippen LogP contribution in [0.3, 0.4) is 0 Å². The number of amides is 1. The summed E-state index contributed by atoms with van der Waals surface area (Å²) in [4.78, 5) is 31.5. The van der Waals surface area contributed by atoms with Crippen molar-refractivity contribution in [2.24, 2.45) is 7.05 Å². The molecule has 0 unspecified atom stereocenters. The maximum Gasteiger partial charge on any atom is 0.260 e. The van der Waals surface area contributed by atoms with Crippen molar-refractivity contribution in [2.45, 2.75) is 6.54 Å². The van der Waals surface area contributed by atoms with Crippen LogP contribution < -0.4 is 10.5 Å². The first-order chi connectivity index (χ1) is 14.5. The van der Waals surface area contributed by atoms with Gasteiger partial charge in [0, 0.05) is 35.8 Å². The number of halogens is 1. The number of carbonyl (C=O) groups is 1. The Labute approximate surface area is 176 Å². The molecule has 4 rings (SSSR count). The maximum absolute atomic E-state index is 13.3. The first kappa shape index (κ1) is 19.7. The number of anilines is 1. The van der Waals surface area contributed by atoms with Crippen molar-refractivity contribution in [1.29, 1.82) is 0 Å². The Hall–Kier alpha value is -3.58. The minimum absolute atomic E-state index is 0.258. The summed E-state index contributed by atoms with van der Waals surface area (Å²) in [6.07, 6.45) is 1.57. The third-order valence-electron chi connectivity index (χ3n) is 4.64. The van der Waals surface area contributed by atoms with E-state index in [9.17, 15) is 14.0 Å². The van der Waals surface area contributed by atoms with Gasteiger partial charge in [-0.2, -0.15) is 0 Å². The van der Waals surface area contributed by atoms with Crippen molar-refractivity contribution in [3.63, 3.8) is 0 Å². The third-order valence-corrected chi connectivity index (χ3v) is 5.51. The van der Waals surface area contributed by atoms with E-state index in [0.717, 1.165) is 11.1 Å². The van der Waals surface area contributed by atoms with Gasteiger partial charge in [-0.1, -0.05) is 30.3 Å². The molecule has 0 atom stereocenters. The summed E-state index contributed by atoms with van der Waals surface area (Å²) in [6.45, 7) is 0.311. The Kier molecular flexibility index (Phi) is 5.54. The highest BCUT2D eigenvalue weighted by Crippen LogP contribution is 2.29. The highest BCUT2D eigenvalue weighted by molar-refractivity contribution is 7.14. The molecule has 2 heterocycles. The fraction of sp³-hybridized carbons (Fsp3) is 0.0870. The molecular weight excluding hydrogens is 401 g/mol. The molecule has 150 valence electrons. The van der Waals surface area contributed by atoms with Gasteiger partial charge >= 0.3 is 0 Å². The van der Waals surface area contributed by atoms with Gasteiger partial charge in [-0.25, -0.2) is 9.37 Å². The van der Waals surface area contributed by atoms with Gasteiger partial charge in [0.05, 0.1) is 12.2 Å². The van der Waals surface area contributed by atoms with Gasteiger partial charge in [-0.3, -0.25) is 14.5 Å². The maximum atomic E-state index is 13.3. The van der Waals surface area contributed by atoms with Gasteiger partial charge in [0.25, 0.3) is 11.5 Å². The highest BCUT2D eigenvalue weighted by atomic mass is 32.1. The Morgan fingerprint density at radius 2 is 1.83 bits per heavy atom. The lowest BCUT2D eigenvalue weighted by molar-refractivity contribution is 0.0985. The fourth-order valence-electron chi connectivity index (χ4n) is 2.97. The number of benzene rings is 2. The molecule has 0 saturated carbocycles. The Bertz CT molecular complexity index is 1230. The summed E-state index contributed by atoms with van der Waals surface area (Å²) in [5.41, 5.74) is 2.40. The first-order valence-electron chi connectivity index (χ1n) is 9.25. The van der Waals surface area contributed by atoms with Crippen molar-refractivity contribution in [3.8, 4) is 11.3 Å². The average Bonchev–Trinajstić information content (AvgIpc) is 3.24. The van der Waals surface area contributed by atoms with E-state index in [4.69, 9.17) is 0 Å². The van der Waals surface area contributed by atoms with E-state index in [1.54, 1.807) is 36.3 Å². The summed E-state index contributed by atoms with van der Waals surface area (Å²) >= 11 is 1.32. The van der Waals surface area contributed by atoms with Crippen LogP contribution in [0.2, 0.25) is 0 Å². The number of thiazole rings is 1. The highest BCUT2D eigenvalue weighted by Gasteiger charge is 2.22. The molecule has 0 bridgehead atoms. The molecule has 30 heavy (non-hydrogen) atoms. The second-order valence-electron chi connectivity index (χ2n) is 6.76. The molecule has 7 heteroatoms. The second-order valence-corrected chi connectivity index (χ2v) is 7.60. The number of rotatable bonds is 5. The molecule has 0 aliphatic heterocycles. The van der Waals surface area contributed by atoms with Crippen LogP contribution in [0, 0.1) is 5.82 Å². The molecule has 0 N–H and O–H groups in total. The standard InChI is InChI=1S/C23H18FN3O2S/c1-26-12-11-18(13-21(26)28)22(29)27(14-16-5-3-2-4-6-16)23-25-20(15-30-23)17-7-9-19(24)10-8-17/h2-13,15H,14H2,1H3. The van der Waals surface area contributed by atoms with E-state index in [0.29, 0.717) is 22.9 Å². The molecule has 0 fully saturated rings. The van der Waals surface area contributed by atoms with Gasteiger partial charge in [0.15, 0.2) is 5.13 Å². The minimum Gasteiger partial charge on any atom is -0.319 e. The van der Waals surface area contributed by atoms with Crippen LogP contribution in [0.15, 0.2) is 83.1 Å². The van der Waals surface area contributed by atoms with Crippen LogP contribution in [-0.4, -0.2) is 15.5 Å². The van der Waals surface area contributed by atoms with Crippen LogP contribution in [0.5, 0.6) is 0 Å². The van der Waals surface area contributed by atoms with Gasteiger partial charge in [0.2, 0.25) is 0 Å². The molecule has 0 spiro atoms. The van der Waals surface area contributed by atoms with Crippen molar-refractivity contribution in [3.05, 3.63) is 106 Å². The minimum atomic E-state index is -0.319. The Balaban J connectivity index is 1.71. The number of aryl methyl sites for hydroxylation is 1. The van der Waals surface area contributed by atoms with Gasteiger partial charge in [0.1, 0.15) is 5.82 Å². The molecule has 2 aromatic carbocycles. The largest absolute Gasteiger partial charge is 0.319 e. The smallest absolute Gasteiger partial charge is 0.260 e. The molecule has 1 amide bonds. The first-order valence-corrected chi connectivity index (χ1v) is 10.1. The fourth-order valence-corrected chi connectivity index (χ4v) is 3.80. The third kappa shape index (κ3) is 4.21. The summed E-state index contributed by atoms with van der Waals surface area (Å²) in [5, 5.41) is 2.33. The summed E-state index contributed by atoms with van der Waals surface area (Å²) in [7, 11) is 1.63. The van der Waals surface area contributed by atoms with Gasteiger partial charge in [-0.05, 0) is 35.9 Å². The van der Waals surface area contributed by atoms with Crippen LogP contribution in [-0.2, 0) is 13.6 Å². The average molecular weight is 419 g/mol. The van der Waals surface area contributed by atoms with Crippen molar-refractivity contribution in [1.82, 2.24) is 9.55 Å². The number of nitrogens with zero attached hydrogens (tertiary/aromatic N) is 3. The van der Waals surface area contributed by atoms with E-state index in [1.807, 2.05) is 35.7 Å². The van der Waals surface area contributed by atoms with Crippen molar-refractivity contribution < 1.29 is 9.18 Å². The summed E-state index contributed by atoms with van der Waals surface area (Å²) in [6, 6.07) is 18.6. The topological polar surface area (TPSA) is 55.2 Å². The molecule has 0 aliphatic carbocycles.